The van der Waals surface area contributed by atoms with Crippen molar-refractivity contribution in [2.75, 3.05) is 0 Å². The van der Waals surface area contributed by atoms with Crippen LogP contribution in [0.5, 0.6) is 0 Å². The van der Waals surface area contributed by atoms with E-state index in [1.54, 1.807) is 6.26 Å². The van der Waals surface area contributed by atoms with Gasteiger partial charge in [-0.05, 0) is 34.3 Å². The molecule has 1 aromatic heterocycles. The van der Waals surface area contributed by atoms with E-state index in [0.29, 0.717) is 10.6 Å². The number of aliphatic hydroxyl groups excluding tert-OH is 1. The van der Waals surface area contributed by atoms with Crippen molar-refractivity contribution >= 4 is 15.9 Å². The lowest BCUT2D eigenvalue weighted by Gasteiger charge is -2.14. The molecule has 3 heteroatoms. The van der Waals surface area contributed by atoms with Crippen molar-refractivity contribution in [1.29, 1.82) is 0 Å². The second kappa shape index (κ2) is 4.49. The minimum Gasteiger partial charge on any atom is -0.457 e. The first-order chi connectivity index (χ1) is 6.77. The van der Waals surface area contributed by atoms with Crippen LogP contribution in [0.4, 0.5) is 0 Å². The summed E-state index contributed by atoms with van der Waals surface area (Å²) in [5.41, 5.74) is 0.886. The standard InChI is InChI=1S/C11H15BrO2/c12-11-9(5-6-14-11)10(13)7-8-3-1-2-4-8/h5-6,8,10,13H,1-4,7H2. The fourth-order valence-corrected chi connectivity index (χ4v) is 2.74. The molecule has 0 aromatic carbocycles. The Kier molecular flexibility index (Phi) is 3.29. The Morgan fingerprint density at radius 2 is 2.21 bits per heavy atom. The predicted octanol–water partition coefficient (Wildman–Crippen LogP) is 3.66. The van der Waals surface area contributed by atoms with E-state index in [-0.39, 0.29) is 6.10 Å². The van der Waals surface area contributed by atoms with E-state index in [2.05, 4.69) is 15.9 Å². The number of aliphatic hydroxyl groups is 1. The third kappa shape index (κ3) is 2.20. The summed E-state index contributed by atoms with van der Waals surface area (Å²) in [5, 5.41) is 9.96. The average molecular weight is 259 g/mol. The van der Waals surface area contributed by atoms with E-state index in [0.717, 1.165) is 12.0 Å². The molecule has 1 heterocycles. The van der Waals surface area contributed by atoms with E-state index >= 15 is 0 Å². The number of halogens is 1. The fraction of sp³-hybridized carbons (Fsp3) is 0.636. The first kappa shape index (κ1) is 10.2. The van der Waals surface area contributed by atoms with Gasteiger partial charge in [0.15, 0.2) is 4.67 Å². The minimum absolute atomic E-state index is 0.369. The van der Waals surface area contributed by atoms with Crippen molar-refractivity contribution in [3.05, 3.63) is 22.6 Å². The zero-order chi connectivity index (χ0) is 9.97. The molecule has 78 valence electrons. The van der Waals surface area contributed by atoms with E-state index in [1.807, 2.05) is 6.07 Å². The molecule has 0 saturated heterocycles. The maximum absolute atomic E-state index is 9.96. The van der Waals surface area contributed by atoms with Gasteiger partial charge in [0.05, 0.1) is 12.4 Å². The molecule has 0 aliphatic heterocycles. The Labute approximate surface area is 92.4 Å². The Morgan fingerprint density at radius 3 is 2.79 bits per heavy atom. The second-order valence-corrected chi connectivity index (χ2v) is 4.77. The van der Waals surface area contributed by atoms with Gasteiger partial charge in [0.25, 0.3) is 0 Å². The van der Waals surface area contributed by atoms with E-state index in [1.165, 1.54) is 25.7 Å². The summed E-state index contributed by atoms with van der Waals surface area (Å²) in [4.78, 5) is 0. The molecule has 0 radical (unpaired) electrons. The highest BCUT2D eigenvalue weighted by Crippen LogP contribution is 2.35. The van der Waals surface area contributed by atoms with Gasteiger partial charge < -0.3 is 9.52 Å². The normalized spacial score (nSPS) is 20.1. The summed E-state index contributed by atoms with van der Waals surface area (Å²) in [5.74, 6) is 0.701. The summed E-state index contributed by atoms with van der Waals surface area (Å²) < 4.78 is 5.78. The maximum Gasteiger partial charge on any atom is 0.174 e. The van der Waals surface area contributed by atoms with E-state index < -0.39 is 0 Å². The topological polar surface area (TPSA) is 33.4 Å². The van der Waals surface area contributed by atoms with Crippen molar-refractivity contribution in [1.82, 2.24) is 0 Å². The van der Waals surface area contributed by atoms with Crippen LogP contribution in [0.3, 0.4) is 0 Å². The van der Waals surface area contributed by atoms with Gasteiger partial charge in [-0.2, -0.15) is 0 Å². The van der Waals surface area contributed by atoms with Crippen molar-refractivity contribution in [2.24, 2.45) is 5.92 Å². The van der Waals surface area contributed by atoms with Crippen molar-refractivity contribution in [2.45, 2.75) is 38.2 Å². The SMILES string of the molecule is OC(CC1CCCC1)c1ccoc1Br. The van der Waals surface area contributed by atoms with Crippen LogP contribution in [0.25, 0.3) is 0 Å². The molecular weight excluding hydrogens is 244 g/mol. The smallest absolute Gasteiger partial charge is 0.174 e. The Balaban J connectivity index is 1.95. The number of hydrogen-bond donors (Lipinski definition) is 1. The molecule has 2 nitrogen and oxygen atoms in total. The van der Waals surface area contributed by atoms with E-state index in [4.69, 9.17) is 4.42 Å². The van der Waals surface area contributed by atoms with Crippen LogP contribution in [-0.4, -0.2) is 5.11 Å². The highest BCUT2D eigenvalue weighted by atomic mass is 79.9. The predicted molar refractivity (Wildman–Crippen MR) is 57.9 cm³/mol. The first-order valence-electron chi connectivity index (χ1n) is 5.18. The van der Waals surface area contributed by atoms with Crippen LogP contribution in [0.1, 0.15) is 43.8 Å². The van der Waals surface area contributed by atoms with Gasteiger partial charge in [-0.15, -0.1) is 0 Å². The third-order valence-electron chi connectivity index (χ3n) is 3.04. The first-order valence-corrected chi connectivity index (χ1v) is 5.97. The summed E-state index contributed by atoms with van der Waals surface area (Å²) in [6, 6.07) is 1.84. The average Bonchev–Trinajstić information content (AvgIpc) is 2.75. The monoisotopic (exact) mass is 258 g/mol. The highest BCUT2D eigenvalue weighted by molar-refractivity contribution is 9.10. The maximum atomic E-state index is 9.96. The molecular formula is C11H15BrO2. The molecule has 1 atom stereocenters. The molecule has 2 rings (SSSR count). The lowest BCUT2D eigenvalue weighted by atomic mass is 9.97. The lowest BCUT2D eigenvalue weighted by molar-refractivity contribution is 0.143. The molecule has 1 saturated carbocycles. The number of rotatable bonds is 3. The van der Waals surface area contributed by atoms with Crippen LogP contribution in [-0.2, 0) is 0 Å². The Bertz CT molecular complexity index is 289. The molecule has 1 fully saturated rings. The van der Waals surface area contributed by atoms with Gasteiger partial charge in [0.2, 0.25) is 0 Å². The molecule has 14 heavy (non-hydrogen) atoms. The largest absolute Gasteiger partial charge is 0.457 e. The number of hydrogen-bond acceptors (Lipinski definition) is 2. The van der Waals surface area contributed by atoms with Crippen LogP contribution < -0.4 is 0 Å². The summed E-state index contributed by atoms with van der Waals surface area (Å²) >= 11 is 3.29. The zero-order valence-corrected chi connectivity index (χ0v) is 9.66. The second-order valence-electron chi connectivity index (χ2n) is 4.05. The molecule has 1 aliphatic carbocycles. The summed E-state index contributed by atoms with van der Waals surface area (Å²) in [7, 11) is 0. The Morgan fingerprint density at radius 1 is 1.50 bits per heavy atom. The van der Waals surface area contributed by atoms with Crippen LogP contribution >= 0.6 is 15.9 Å². The molecule has 0 spiro atoms. The lowest BCUT2D eigenvalue weighted by Crippen LogP contribution is -2.03. The van der Waals surface area contributed by atoms with Gasteiger partial charge in [-0.1, -0.05) is 25.7 Å². The number of furan rings is 1. The highest BCUT2D eigenvalue weighted by Gasteiger charge is 2.21. The molecule has 0 amide bonds. The third-order valence-corrected chi connectivity index (χ3v) is 3.68. The van der Waals surface area contributed by atoms with Crippen molar-refractivity contribution < 1.29 is 9.52 Å². The minimum atomic E-state index is -0.369. The fourth-order valence-electron chi connectivity index (χ4n) is 2.23. The molecule has 1 N–H and O–H groups in total. The van der Waals surface area contributed by atoms with Crippen molar-refractivity contribution in [3.8, 4) is 0 Å². The van der Waals surface area contributed by atoms with Gasteiger partial charge in [0.1, 0.15) is 0 Å². The quantitative estimate of drug-likeness (QED) is 0.898. The molecule has 1 aromatic rings. The van der Waals surface area contributed by atoms with Gasteiger partial charge in [-0.25, -0.2) is 0 Å². The van der Waals surface area contributed by atoms with Crippen LogP contribution in [0, 0.1) is 5.92 Å². The van der Waals surface area contributed by atoms with Crippen LogP contribution in [0.15, 0.2) is 21.4 Å². The van der Waals surface area contributed by atoms with Gasteiger partial charge in [-0.3, -0.25) is 0 Å². The van der Waals surface area contributed by atoms with E-state index in [9.17, 15) is 5.11 Å². The Hall–Kier alpha value is -0.280. The zero-order valence-electron chi connectivity index (χ0n) is 8.08. The van der Waals surface area contributed by atoms with Crippen LogP contribution in [0.2, 0.25) is 0 Å². The summed E-state index contributed by atoms with van der Waals surface area (Å²) in [6.45, 7) is 0. The molecule has 1 aliphatic rings. The van der Waals surface area contributed by atoms with Gasteiger partial charge in [0, 0.05) is 5.56 Å². The molecule has 1 unspecified atom stereocenters. The van der Waals surface area contributed by atoms with Gasteiger partial charge >= 0.3 is 0 Å². The van der Waals surface area contributed by atoms with Crippen molar-refractivity contribution in [3.63, 3.8) is 0 Å². The summed E-state index contributed by atoms with van der Waals surface area (Å²) in [6.07, 6.45) is 7.30. The molecule has 0 bridgehead atoms.